The average molecular weight is 183 g/mol. The Kier molecular flexibility index (Phi) is 3.34. The van der Waals surface area contributed by atoms with Gasteiger partial charge in [-0.15, -0.1) is 0 Å². The molecule has 2 nitrogen and oxygen atoms in total. The molecule has 1 aliphatic rings. The second-order valence-electron chi connectivity index (χ2n) is 4.59. The quantitative estimate of drug-likeness (QED) is 0.657. The van der Waals surface area contributed by atoms with Crippen LogP contribution in [0.3, 0.4) is 0 Å². The molecule has 2 N–H and O–H groups in total. The molecular formula is C11H21NO. The average Bonchev–Trinajstić information content (AvgIpc) is 2.28. The number of carbonyl (C=O) groups is 1. The summed E-state index contributed by atoms with van der Waals surface area (Å²) in [7, 11) is 0. The first-order chi connectivity index (χ1) is 6.09. The summed E-state index contributed by atoms with van der Waals surface area (Å²) in [6.07, 6.45) is 6.87. The van der Waals surface area contributed by atoms with Gasteiger partial charge in [0.2, 0.25) is 5.91 Å². The predicted octanol–water partition coefficient (Wildman–Crippen LogP) is 2.47. The number of hydrogen-bond acceptors (Lipinski definition) is 1. The van der Waals surface area contributed by atoms with Gasteiger partial charge in [-0.3, -0.25) is 4.79 Å². The zero-order valence-electron chi connectivity index (χ0n) is 8.81. The minimum atomic E-state index is -0.198. The van der Waals surface area contributed by atoms with Crippen LogP contribution in [0.2, 0.25) is 0 Å². The van der Waals surface area contributed by atoms with E-state index in [-0.39, 0.29) is 11.3 Å². The molecule has 0 unspecified atom stereocenters. The van der Waals surface area contributed by atoms with Gasteiger partial charge in [0.05, 0.1) is 5.41 Å². The Labute approximate surface area is 80.9 Å². The number of amides is 1. The van der Waals surface area contributed by atoms with E-state index < -0.39 is 0 Å². The van der Waals surface area contributed by atoms with E-state index in [9.17, 15) is 4.79 Å². The molecule has 0 atom stereocenters. The fourth-order valence-electron chi connectivity index (χ4n) is 2.47. The Bertz CT molecular complexity index is 179. The maximum Gasteiger partial charge on any atom is 0.223 e. The summed E-state index contributed by atoms with van der Waals surface area (Å²) in [6, 6.07) is 0. The summed E-state index contributed by atoms with van der Waals surface area (Å²) in [5, 5.41) is 0. The van der Waals surface area contributed by atoms with E-state index in [4.69, 9.17) is 5.73 Å². The summed E-state index contributed by atoms with van der Waals surface area (Å²) in [5.74, 6) is 0.313. The summed E-state index contributed by atoms with van der Waals surface area (Å²) in [6.45, 7) is 4.24. The second-order valence-corrected chi connectivity index (χ2v) is 4.59. The minimum Gasteiger partial charge on any atom is -0.369 e. The molecule has 0 aliphatic heterocycles. The standard InChI is InChI=1S/C11H21NO/c1-9(2)11(10(12)13)7-5-3-4-6-8-11/h9H,3-8H2,1-2H3,(H2,12,13). The third-order valence-electron chi connectivity index (χ3n) is 3.59. The van der Waals surface area contributed by atoms with Crippen LogP contribution in [0.25, 0.3) is 0 Å². The molecule has 2 heteroatoms. The van der Waals surface area contributed by atoms with Crippen LogP contribution in [-0.2, 0) is 4.79 Å². The van der Waals surface area contributed by atoms with Crippen LogP contribution >= 0.6 is 0 Å². The molecule has 1 aliphatic carbocycles. The van der Waals surface area contributed by atoms with Crippen LogP contribution in [0.15, 0.2) is 0 Å². The van der Waals surface area contributed by atoms with Crippen LogP contribution in [0, 0.1) is 11.3 Å². The van der Waals surface area contributed by atoms with Crippen molar-refractivity contribution in [3.05, 3.63) is 0 Å². The van der Waals surface area contributed by atoms with Gasteiger partial charge in [-0.2, -0.15) is 0 Å². The molecule has 1 rings (SSSR count). The molecule has 0 aromatic carbocycles. The molecule has 1 saturated carbocycles. The molecule has 0 heterocycles. The van der Waals surface area contributed by atoms with Crippen molar-refractivity contribution < 1.29 is 4.79 Å². The molecule has 0 saturated heterocycles. The lowest BCUT2D eigenvalue weighted by molar-refractivity contribution is -0.131. The smallest absolute Gasteiger partial charge is 0.223 e. The van der Waals surface area contributed by atoms with Crippen molar-refractivity contribution in [1.29, 1.82) is 0 Å². The van der Waals surface area contributed by atoms with E-state index in [1.54, 1.807) is 0 Å². The van der Waals surface area contributed by atoms with E-state index in [1.165, 1.54) is 25.7 Å². The van der Waals surface area contributed by atoms with Crippen LogP contribution in [0.5, 0.6) is 0 Å². The lowest BCUT2D eigenvalue weighted by Gasteiger charge is -2.33. The molecule has 1 amide bonds. The highest BCUT2D eigenvalue weighted by Crippen LogP contribution is 2.40. The van der Waals surface area contributed by atoms with E-state index in [2.05, 4.69) is 13.8 Å². The van der Waals surface area contributed by atoms with Gasteiger partial charge in [0.1, 0.15) is 0 Å². The topological polar surface area (TPSA) is 43.1 Å². The molecular weight excluding hydrogens is 162 g/mol. The Morgan fingerprint density at radius 1 is 1.15 bits per heavy atom. The van der Waals surface area contributed by atoms with E-state index in [0.717, 1.165) is 12.8 Å². The monoisotopic (exact) mass is 183 g/mol. The summed E-state index contributed by atoms with van der Waals surface area (Å²) >= 11 is 0. The number of hydrogen-bond donors (Lipinski definition) is 1. The normalized spacial score (nSPS) is 22.7. The van der Waals surface area contributed by atoms with Crippen LogP contribution in [-0.4, -0.2) is 5.91 Å². The van der Waals surface area contributed by atoms with E-state index in [1.807, 2.05) is 0 Å². The largest absolute Gasteiger partial charge is 0.369 e. The molecule has 0 aromatic rings. The van der Waals surface area contributed by atoms with Crippen LogP contribution in [0.4, 0.5) is 0 Å². The van der Waals surface area contributed by atoms with Gasteiger partial charge in [-0.25, -0.2) is 0 Å². The van der Waals surface area contributed by atoms with Gasteiger partial charge in [0.25, 0.3) is 0 Å². The van der Waals surface area contributed by atoms with Gasteiger partial charge in [0, 0.05) is 0 Å². The first-order valence-electron chi connectivity index (χ1n) is 5.39. The van der Waals surface area contributed by atoms with E-state index in [0.29, 0.717) is 5.92 Å². The highest BCUT2D eigenvalue weighted by molar-refractivity contribution is 5.81. The first kappa shape index (κ1) is 10.6. The molecule has 0 aromatic heterocycles. The molecule has 76 valence electrons. The van der Waals surface area contributed by atoms with Crippen molar-refractivity contribution >= 4 is 5.91 Å². The first-order valence-corrected chi connectivity index (χ1v) is 5.39. The molecule has 0 spiro atoms. The lowest BCUT2D eigenvalue weighted by Crippen LogP contribution is -2.41. The Morgan fingerprint density at radius 3 is 1.92 bits per heavy atom. The highest BCUT2D eigenvalue weighted by atomic mass is 16.1. The zero-order valence-corrected chi connectivity index (χ0v) is 8.81. The third-order valence-corrected chi connectivity index (χ3v) is 3.59. The van der Waals surface area contributed by atoms with Gasteiger partial charge >= 0.3 is 0 Å². The van der Waals surface area contributed by atoms with Crippen molar-refractivity contribution in [2.24, 2.45) is 17.1 Å². The minimum absolute atomic E-state index is 0.0793. The van der Waals surface area contributed by atoms with Crippen LogP contribution < -0.4 is 5.73 Å². The SMILES string of the molecule is CC(C)C1(C(N)=O)CCCCCC1. The predicted molar refractivity (Wildman–Crippen MR) is 54.2 cm³/mol. The number of primary amides is 1. The zero-order chi connectivity index (χ0) is 9.90. The van der Waals surface area contributed by atoms with Crippen molar-refractivity contribution in [1.82, 2.24) is 0 Å². The molecule has 0 radical (unpaired) electrons. The molecule has 13 heavy (non-hydrogen) atoms. The van der Waals surface area contributed by atoms with Crippen molar-refractivity contribution in [3.63, 3.8) is 0 Å². The van der Waals surface area contributed by atoms with Crippen molar-refractivity contribution in [3.8, 4) is 0 Å². The van der Waals surface area contributed by atoms with E-state index >= 15 is 0 Å². The Morgan fingerprint density at radius 2 is 1.62 bits per heavy atom. The number of carbonyl (C=O) groups excluding carboxylic acids is 1. The summed E-state index contributed by atoms with van der Waals surface area (Å²) in [4.78, 5) is 11.5. The fourth-order valence-corrected chi connectivity index (χ4v) is 2.47. The number of nitrogens with two attached hydrogens (primary N) is 1. The fraction of sp³-hybridized carbons (Fsp3) is 0.909. The summed E-state index contributed by atoms with van der Waals surface area (Å²) in [5.41, 5.74) is 5.34. The molecule has 1 fully saturated rings. The van der Waals surface area contributed by atoms with Gasteiger partial charge in [0.15, 0.2) is 0 Å². The van der Waals surface area contributed by atoms with Crippen molar-refractivity contribution in [2.75, 3.05) is 0 Å². The van der Waals surface area contributed by atoms with Gasteiger partial charge in [-0.05, 0) is 18.8 Å². The molecule has 0 bridgehead atoms. The number of rotatable bonds is 2. The lowest BCUT2D eigenvalue weighted by atomic mass is 9.71. The highest BCUT2D eigenvalue weighted by Gasteiger charge is 2.39. The van der Waals surface area contributed by atoms with Gasteiger partial charge in [-0.1, -0.05) is 39.5 Å². The Hall–Kier alpha value is -0.530. The van der Waals surface area contributed by atoms with Gasteiger partial charge < -0.3 is 5.73 Å². The Balaban J connectivity index is 2.80. The summed E-state index contributed by atoms with van der Waals surface area (Å²) < 4.78 is 0. The van der Waals surface area contributed by atoms with Crippen molar-refractivity contribution in [2.45, 2.75) is 52.4 Å². The third kappa shape index (κ3) is 2.04. The maximum atomic E-state index is 11.5. The second kappa shape index (κ2) is 4.12. The van der Waals surface area contributed by atoms with Crippen LogP contribution in [0.1, 0.15) is 52.4 Å². The maximum absolute atomic E-state index is 11.5.